The molecule has 0 amide bonds. The normalized spacial score (nSPS) is 35.5. The van der Waals surface area contributed by atoms with Gasteiger partial charge in [-0.15, -0.1) is 12.6 Å². The summed E-state index contributed by atoms with van der Waals surface area (Å²) in [5, 5.41) is 28.7. The quantitative estimate of drug-likeness (QED) is 0.298. The molecule has 1 saturated heterocycles. The van der Waals surface area contributed by atoms with E-state index in [0.717, 1.165) is 25.7 Å². The monoisotopic (exact) mass is 295 g/mol. The Morgan fingerprint density at radius 2 is 1.79 bits per heavy atom. The third-order valence-electron chi connectivity index (χ3n) is 3.25. The van der Waals surface area contributed by atoms with Crippen LogP contribution in [0.25, 0.3) is 0 Å². The number of unbranched alkanes of at least 4 members (excludes halogenated alkanes) is 3. The lowest BCUT2D eigenvalue weighted by Crippen LogP contribution is -2.57. The number of ether oxygens (including phenoxy) is 2. The maximum Gasteiger partial charge on any atom is 0.129 e. The Labute approximate surface area is 119 Å². The van der Waals surface area contributed by atoms with Gasteiger partial charge in [0, 0.05) is 6.61 Å². The van der Waals surface area contributed by atoms with Crippen molar-refractivity contribution >= 4 is 12.6 Å². The van der Waals surface area contributed by atoms with E-state index in [2.05, 4.69) is 12.6 Å². The first-order chi connectivity index (χ1) is 9.11. The number of hydrogen-bond donors (Lipinski definition) is 5. The zero-order chi connectivity index (χ0) is 14.3. The standard InChI is InChI=1S/C12H25NO5S/c13-5-3-1-2-4-6-17-11-10(16)9(15)8(7-14)18-12(11)19/h8-12,14-16,19H,1-7,13H2/t8-,9-,10+,11+,12?/m1/s1. The van der Waals surface area contributed by atoms with E-state index in [-0.39, 0.29) is 6.61 Å². The number of nitrogens with two attached hydrogens (primary N) is 1. The highest BCUT2D eigenvalue weighted by Crippen LogP contribution is 2.25. The first-order valence-electron chi connectivity index (χ1n) is 6.74. The zero-order valence-corrected chi connectivity index (χ0v) is 11.9. The summed E-state index contributed by atoms with van der Waals surface area (Å²) in [6.07, 6.45) is 0.179. The van der Waals surface area contributed by atoms with E-state index in [4.69, 9.17) is 20.3 Å². The van der Waals surface area contributed by atoms with Gasteiger partial charge in [-0.05, 0) is 19.4 Å². The molecule has 1 aliphatic rings. The van der Waals surface area contributed by atoms with Crippen LogP contribution in [0.15, 0.2) is 0 Å². The minimum atomic E-state index is -1.16. The Morgan fingerprint density at radius 3 is 2.42 bits per heavy atom. The van der Waals surface area contributed by atoms with Crippen molar-refractivity contribution < 1.29 is 24.8 Å². The number of rotatable bonds is 8. The van der Waals surface area contributed by atoms with Gasteiger partial charge in [-0.1, -0.05) is 12.8 Å². The lowest BCUT2D eigenvalue weighted by Gasteiger charge is -2.40. The maximum atomic E-state index is 9.92. The fraction of sp³-hybridized carbons (Fsp3) is 1.00. The molecule has 1 fully saturated rings. The third kappa shape index (κ3) is 5.18. The van der Waals surface area contributed by atoms with Gasteiger partial charge >= 0.3 is 0 Å². The van der Waals surface area contributed by atoms with E-state index < -0.39 is 29.9 Å². The summed E-state index contributed by atoms with van der Waals surface area (Å²) in [6, 6.07) is 0. The second-order valence-corrected chi connectivity index (χ2v) is 5.28. The van der Waals surface area contributed by atoms with Crippen LogP contribution in [-0.2, 0) is 9.47 Å². The molecule has 0 aromatic carbocycles. The average Bonchev–Trinajstić information content (AvgIpc) is 2.41. The van der Waals surface area contributed by atoms with Gasteiger partial charge in [0.1, 0.15) is 29.9 Å². The van der Waals surface area contributed by atoms with Crippen LogP contribution in [0.1, 0.15) is 25.7 Å². The van der Waals surface area contributed by atoms with Gasteiger partial charge in [-0.3, -0.25) is 0 Å². The molecule has 0 saturated carbocycles. The van der Waals surface area contributed by atoms with Gasteiger partial charge in [0.05, 0.1) is 6.61 Å². The second kappa shape index (κ2) is 9.12. The molecule has 114 valence electrons. The van der Waals surface area contributed by atoms with Crippen LogP contribution < -0.4 is 5.73 Å². The molecule has 0 spiro atoms. The molecule has 1 unspecified atom stereocenters. The minimum absolute atomic E-state index is 0.360. The summed E-state index contributed by atoms with van der Waals surface area (Å²) in [5.74, 6) is 0. The van der Waals surface area contributed by atoms with Crippen LogP contribution in [0.3, 0.4) is 0 Å². The maximum absolute atomic E-state index is 9.92. The van der Waals surface area contributed by atoms with E-state index in [1.165, 1.54) is 0 Å². The Morgan fingerprint density at radius 1 is 1.11 bits per heavy atom. The summed E-state index contributed by atoms with van der Waals surface area (Å²) in [4.78, 5) is 0. The first-order valence-corrected chi connectivity index (χ1v) is 7.25. The van der Waals surface area contributed by atoms with Crippen LogP contribution in [0, 0.1) is 0 Å². The molecular weight excluding hydrogens is 270 g/mol. The molecule has 7 heteroatoms. The van der Waals surface area contributed by atoms with Gasteiger partial charge < -0.3 is 30.5 Å². The molecular formula is C12H25NO5S. The van der Waals surface area contributed by atoms with Crippen LogP contribution in [0.4, 0.5) is 0 Å². The molecule has 1 heterocycles. The Kier molecular flexibility index (Phi) is 8.24. The molecule has 5 N–H and O–H groups in total. The van der Waals surface area contributed by atoms with E-state index in [1.807, 2.05) is 0 Å². The first kappa shape index (κ1) is 17.2. The van der Waals surface area contributed by atoms with Gasteiger partial charge in [0.15, 0.2) is 0 Å². The number of aliphatic hydroxyl groups is 3. The third-order valence-corrected chi connectivity index (χ3v) is 3.67. The molecule has 1 aliphatic heterocycles. The topological polar surface area (TPSA) is 105 Å². The molecule has 19 heavy (non-hydrogen) atoms. The predicted octanol–water partition coefficient (Wildman–Crippen LogP) is -0.740. The molecule has 0 aromatic rings. The summed E-state index contributed by atoms with van der Waals surface area (Å²) in [7, 11) is 0. The van der Waals surface area contributed by atoms with Gasteiger partial charge in [0.2, 0.25) is 0 Å². The molecule has 0 aromatic heterocycles. The summed E-state index contributed by atoms with van der Waals surface area (Å²) in [6.45, 7) is 0.813. The van der Waals surface area contributed by atoms with Crippen molar-refractivity contribution in [3.8, 4) is 0 Å². The lowest BCUT2D eigenvalue weighted by atomic mass is 10.0. The Bertz CT molecular complexity index is 246. The molecule has 0 radical (unpaired) electrons. The fourth-order valence-corrected chi connectivity index (χ4v) is 2.49. The van der Waals surface area contributed by atoms with Crippen LogP contribution in [-0.4, -0.2) is 64.9 Å². The fourth-order valence-electron chi connectivity index (χ4n) is 2.07. The van der Waals surface area contributed by atoms with Crippen LogP contribution in [0.2, 0.25) is 0 Å². The highest BCUT2D eigenvalue weighted by Gasteiger charge is 2.43. The van der Waals surface area contributed by atoms with Crippen molar-refractivity contribution in [3.63, 3.8) is 0 Å². The van der Waals surface area contributed by atoms with Crippen LogP contribution in [0.5, 0.6) is 0 Å². The smallest absolute Gasteiger partial charge is 0.129 e. The summed E-state index contributed by atoms with van der Waals surface area (Å²) >= 11 is 4.18. The highest BCUT2D eigenvalue weighted by molar-refractivity contribution is 7.80. The number of thiol groups is 1. The second-order valence-electron chi connectivity index (χ2n) is 4.77. The largest absolute Gasteiger partial charge is 0.394 e. The Balaban J connectivity index is 2.28. The van der Waals surface area contributed by atoms with Crippen molar-refractivity contribution in [2.24, 2.45) is 5.73 Å². The molecule has 6 nitrogen and oxygen atoms in total. The van der Waals surface area contributed by atoms with Crippen LogP contribution >= 0.6 is 12.6 Å². The highest BCUT2D eigenvalue weighted by atomic mass is 32.1. The molecule has 0 bridgehead atoms. The molecule has 5 atom stereocenters. The molecule has 1 rings (SSSR count). The van der Waals surface area contributed by atoms with Gasteiger partial charge in [0.25, 0.3) is 0 Å². The van der Waals surface area contributed by atoms with Crippen molar-refractivity contribution in [2.45, 2.75) is 55.5 Å². The SMILES string of the molecule is NCCCCCCO[C@@H]1C(S)O[C@H](CO)[C@@H](O)[C@@H]1O. The lowest BCUT2D eigenvalue weighted by molar-refractivity contribution is -0.218. The average molecular weight is 295 g/mol. The van der Waals surface area contributed by atoms with Gasteiger partial charge in [-0.2, -0.15) is 0 Å². The zero-order valence-electron chi connectivity index (χ0n) is 11.0. The number of aliphatic hydroxyl groups excluding tert-OH is 3. The van der Waals surface area contributed by atoms with E-state index in [9.17, 15) is 10.2 Å². The van der Waals surface area contributed by atoms with E-state index >= 15 is 0 Å². The number of hydrogen-bond acceptors (Lipinski definition) is 7. The predicted molar refractivity (Wildman–Crippen MR) is 74.0 cm³/mol. The van der Waals surface area contributed by atoms with E-state index in [0.29, 0.717) is 13.2 Å². The van der Waals surface area contributed by atoms with Crippen molar-refractivity contribution in [2.75, 3.05) is 19.8 Å². The minimum Gasteiger partial charge on any atom is -0.394 e. The van der Waals surface area contributed by atoms with Gasteiger partial charge in [-0.25, -0.2) is 0 Å². The summed E-state index contributed by atoms with van der Waals surface area (Å²) < 4.78 is 10.8. The van der Waals surface area contributed by atoms with E-state index in [1.54, 1.807) is 0 Å². The van der Waals surface area contributed by atoms with Crippen molar-refractivity contribution in [1.82, 2.24) is 0 Å². The van der Waals surface area contributed by atoms with Crippen molar-refractivity contribution in [1.29, 1.82) is 0 Å². The molecule has 0 aliphatic carbocycles. The summed E-state index contributed by atoms with van der Waals surface area (Å²) in [5.41, 5.74) is 4.75. The Hall–Kier alpha value is 0.110. The van der Waals surface area contributed by atoms with Crippen molar-refractivity contribution in [3.05, 3.63) is 0 Å².